The number of sulfonamides is 1. The summed E-state index contributed by atoms with van der Waals surface area (Å²) >= 11 is 0. The van der Waals surface area contributed by atoms with Crippen LogP contribution in [0.5, 0.6) is 11.5 Å². The van der Waals surface area contributed by atoms with Crippen LogP contribution in [0.25, 0.3) is 0 Å². The molecule has 1 N–H and O–H groups in total. The number of hydrogen-bond donors (Lipinski definition) is 1. The second kappa shape index (κ2) is 9.90. The number of likely N-dealkylation sites (tertiary alicyclic amines) is 1. The molecule has 1 aliphatic rings. The van der Waals surface area contributed by atoms with Crippen molar-refractivity contribution in [2.24, 2.45) is 0 Å². The van der Waals surface area contributed by atoms with E-state index < -0.39 is 28.5 Å². The summed E-state index contributed by atoms with van der Waals surface area (Å²) in [5, 5.41) is 2.63. The summed E-state index contributed by atoms with van der Waals surface area (Å²) in [4.78, 5) is 27.2. The van der Waals surface area contributed by atoms with Gasteiger partial charge in [0.1, 0.15) is 6.54 Å². The lowest BCUT2D eigenvalue weighted by Gasteiger charge is -2.27. The van der Waals surface area contributed by atoms with Crippen LogP contribution < -0.4 is 14.8 Å². The molecular weight excluding hydrogens is 434 g/mol. The summed E-state index contributed by atoms with van der Waals surface area (Å²) in [5.41, 5.74) is 1.27. The number of carbonyl (C=O) groups excluding carboxylic acids is 2. The highest BCUT2D eigenvalue weighted by molar-refractivity contribution is 7.89. The number of hydrogen-bond acceptors (Lipinski definition) is 6. The molecule has 0 spiro atoms. The molecule has 0 saturated carbocycles. The lowest BCUT2D eigenvalue weighted by molar-refractivity contribution is -0.116. The van der Waals surface area contributed by atoms with Crippen molar-refractivity contribution in [2.45, 2.75) is 24.7 Å². The number of anilines is 1. The summed E-state index contributed by atoms with van der Waals surface area (Å²) in [6.07, 6.45) is 1.59. The van der Waals surface area contributed by atoms with Crippen LogP contribution in [0.2, 0.25) is 0 Å². The van der Waals surface area contributed by atoms with Crippen molar-refractivity contribution in [3.05, 3.63) is 48.0 Å². The third kappa shape index (κ3) is 5.13. The number of urea groups is 1. The lowest BCUT2D eigenvalue weighted by Crippen LogP contribution is -2.48. The number of nitrogens with one attached hydrogen (secondary N) is 1. The molecule has 0 radical (unpaired) electrons. The zero-order chi connectivity index (χ0) is 23.3. The molecule has 1 saturated heterocycles. The molecule has 2 aromatic carbocycles. The summed E-state index contributed by atoms with van der Waals surface area (Å²) in [6, 6.07) is 10.2. The van der Waals surface area contributed by atoms with Gasteiger partial charge in [0.15, 0.2) is 11.5 Å². The summed E-state index contributed by atoms with van der Waals surface area (Å²) in [5.74, 6) is 0.237. The van der Waals surface area contributed by atoms with Gasteiger partial charge in [-0.2, -0.15) is 0 Å². The average Bonchev–Trinajstić information content (AvgIpc) is 3.32. The highest BCUT2D eigenvalue weighted by atomic mass is 32.2. The average molecular weight is 462 g/mol. The number of methoxy groups -OCH3 is 2. The molecule has 1 heterocycles. The quantitative estimate of drug-likeness (QED) is 0.680. The van der Waals surface area contributed by atoms with Gasteiger partial charge < -0.3 is 19.7 Å². The number of rotatable bonds is 7. The van der Waals surface area contributed by atoms with Crippen molar-refractivity contribution in [2.75, 3.05) is 39.2 Å². The van der Waals surface area contributed by atoms with Gasteiger partial charge in [-0.25, -0.2) is 17.5 Å². The topological polar surface area (TPSA) is 105 Å². The Morgan fingerprint density at radius 1 is 1.00 bits per heavy atom. The van der Waals surface area contributed by atoms with E-state index in [-0.39, 0.29) is 4.90 Å². The molecule has 3 amide bonds. The zero-order valence-corrected chi connectivity index (χ0v) is 19.1. The fourth-order valence-electron chi connectivity index (χ4n) is 3.40. The van der Waals surface area contributed by atoms with E-state index in [1.165, 1.54) is 31.3 Å². The molecule has 0 aliphatic carbocycles. The summed E-state index contributed by atoms with van der Waals surface area (Å²) < 4.78 is 37.6. The Morgan fingerprint density at radius 2 is 1.62 bits per heavy atom. The number of ether oxygens (including phenoxy) is 2. The Bertz CT molecular complexity index is 1080. The largest absolute Gasteiger partial charge is 0.493 e. The van der Waals surface area contributed by atoms with Crippen LogP contribution in [-0.2, 0) is 14.8 Å². The molecule has 1 aliphatic heterocycles. The van der Waals surface area contributed by atoms with Gasteiger partial charge in [-0.1, -0.05) is 17.7 Å². The molecule has 172 valence electrons. The van der Waals surface area contributed by atoms with Crippen molar-refractivity contribution < 1.29 is 27.5 Å². The van der Waals surface area contributed by atoms with Crippen molar-refractivity contribution in [3.63, 3.8) is 0 Å². The van der Waals surface area contributed by atoms with Gasteiger partial charge in [0.2, 0.25) is 5.91 Å². The van der Waals surface area contributed by atoms with Gasteiger partial charge >= 0.3 is 6.03 Å². The van der Waals surface area contributed by atoms with Crippen LogP contribution in [0, 0.1) is 6.92 Å². The van der Waals surface area contributed by atoms with Crippen molar-refractivity contribution in [1.29, 1.82) is 0 Å². The Labute approximate surface area is 188 Å². The van der Waals surface area contributed by atoms with Crippen LogP contribution in [0.4, 0.5) is 10.5 Å². The summed E-state index contributed by atoms with van der Waals surface area (Å²) in [7, 11) is -1.27. The smallest absolute Gasteiger partial charge is 0.334 e. The molecule has 1 fully saturated rings. The van der Waals surface area contributed by atoms with Crippen molar-refractivity contribution >= 4 is 27.6 Å². The van der Waals surface area contributed by atoms with Gasteiger partial charge in [0.25, 0.3) is 10.0 Å². The van der Waals surface area contributed by atoms with Gasteiger partial charge in [-0.05, 0) is 44.0 Å². The van der Waals surface area contributed by atoms with E-state index in [9.17, 15) is 18.0 Å². The van der Waals surface area contributed by atoms with E-state index in [4.69, 9.17) is 9.47 Å². The second-order valence-electron chi connectivity index (χ2n) is 7.42. The molecule has 3 rings (SSSR count). The minimum Gasteiger partial charge on any atom is -0.493 e. The second-order valence-corrected chi connectivity index (χ2v) is 9.28. The summed E-state index contributed by atoms with van der Waals surface area (Å²) in [6.45, 7) is 2.09. The normalized spacial score (nSPS) is 13.5. The number of carbonyl (C=O) groups is 2. The monoisotopic (exact) mass is 461 g/mol. The first kappa shape index (κ1) is 23.4. The molecule has 32 heavy (non-hydrogen) atoms. The molecule has 9 nitrogen and oxygen atoms in total. The molecule has 0 unspecified atom stereocenters. The Balaban J connectivity index is 1.86. The molecule has 2 aromatic rings. The molecular formula is C22H27N3O6S. The maximum Gasteiger partial charge on any atom is 0.334 e. The first-order valence-corrected chi connectivity index (χ1v) is 11.6. The van der Waals surface area contributed by atoms with Crippen molar-refractivity contribution in [3.8, 4) is 11.5 Å². The predicted molar refractivity (Wildman–Crippen MR) is 119 cm³/mol. The minimum atomic E-state index is -4.23. The van der Waals surface area contributed by atoms with Gasteiger partial charge in [-0.3, -0.25) is 4.79 Å². The highest BCUT2D eigenvalue weighted by Gasteiger charge is 2.35. The highest BCUT2D eigenvalue weighted by Crippen LogP contribution is 2.30. The van der Waals surface area contributed by atoms with E-state index in [1.807, 2.05) is 6.92 Å². The van der Waals surface area contributed by atoms with Crippen LogP contribution in [0.3, 0.4) is 0 Å². The van der Waals surface area contributed by atoms with Crippen LogP contribution in [0.1, 0.15) is 18.4 Å². The molecule has 0 aromatic heterocycles. The lowest BCUT2D eigenvalue weighted by atomic mass is 10.2. The Hall–Kier alpha value is -3.27. The van der Waals surface area contributed by atoms with E-state index in [1.54, 1.807) is 30.3 Å². The minimum absolute atomic E-state index is 0.0467. The van der Waals surface area contributed by atoms with E-state index in [0.717, 1.165) is 18.4 Å². The third-order valence-corrected chi connectivity index (χ3v) is 6.89. The third-order valence-electron chi connectivity index (χ3n) is 5.15. The van der Waals surface area contributed by atoms with E-state index in [2.05, 4.69) is 5.32 Å². The van der Waals surface area contributed by atoms with Crippen LogP contribution >= 0.6 is 0 Å². The standard InChI is InChI=1S/C22H27N3O6S/c1-16-6-9-18(10-7-16)32(28,29)25(22(27)24-12-4-5-13-24)15-21(26)23-17-8-11-19(30-2)20(14-17)31-3/h6-11,14H,4-5,12-13,15H2,1-3H3,(H,23,26). The number of aryl methyl sites for hydroxylation is 1. The first-order valence-electron chi connectivity index (χ1n) is 10.2. The zero-order valence-electron chi connectivity index (χ0n) is 18.3. The van der Waals surface area contributed by atoms with Crippen LogP contribution in [0.15, 0.2) is 47.4 Å². The molecule has 0 bridgehead atoms. The van der Waals surface area contributed by atoms with Gasteiger partial charge in [0, 0.05) is 24.8 Å². The van der Waals surface area contributed by atoms with Crippen LogP contribution in [-0.4, -0.2) is 63.4 Å². The maximum atomic E-state index is 13.3. The van der Waals surface area contributed by atoms with Gasteiger partial charge in [-0.15, -0.1) is 0 Å². The fourth-order valence-corrected chi connectivity index (χ4v) is 4.75. The molecule has 10 heteroatoms. The molecule has 0 atom stereocenters. The van der Waals surface area contributed by atoms with Crippen molar-refractivity contribution in [1.82, 2.24) is 9.21 Å². The number of benzene rings is 2. The fraction of sp³-hybridized carbons (Fsp3) is 0.364. The SMILES string of the molecule is COc1ccc(NC(=O)CN(C(=O)N2CCCC2)S(=O)(=O)c2ccc(C)cc2)cc1OC. The number of amides is 3. The van der Waals surface area contributed by atoms with E-state index in [0.29, 0.717) is 34.6 Å². The Morgan fingerprint density at radius 3 is 2.22 bits per heavy atom. The Kier molecular flexibility index (Phi) is 7.24. The van der Waals surface area contributed by atoms with E-state index >= 15 is 0 Å². The van der Waals surface area contributed by atoms with Gasteiger partial charge in [0.05, 0.1) is 19.1 Å². The number of nitrogens with zero attached hydrogens (tertiary/aromatic N) is 2. The first-order chi connectivity index (χ1) is 15.3. The maximum absolute atomic E-state index is 13.3. The predicted octanol–water partition coefficient (Wildman–Crippen LogP) is 2.86.